The van der Waals surface area contributed by atoms with E-state index in [1.165, 1.54) is 12.1 Å². The van der Waals surface area contributed by atoms with Gasteiger partial charge in [-0.25, -0.2) is 4.39 Å². The van der Waals surface area contributed by atoms with Gasteiger partial charge in [0.25, 0.3) is 0 Å². The van der Waals surface area contributed by atoms with Crippen LogP contribution in [0.5, 0.6) is 0 Å². The van der Waals surface area contributed by atoms with Crippen LogP contribution in [0.25, 0.3) is 0 Å². The number of aryl methyl sites for hydroxylation is 1. The zero-order valence-electron chi connectivity index (χ0n) is 11.5. The molecule has 0 spiro atoms. The van der Waals surface area contributed by atoms with E-state index in [-0.39, 0.29) is 11.6 Å². The minimum atomic E-state index is -0.475. The molecule has 2 nitrogen and oxygen atoms in total. The second kappa shape index (κ2) is 5.83. The lowest BCUT2D eigenvalue weighted by atomic mass is 9.74. The fraction of sp³-hybridized carbons (Fsp3) is 0.562. The summed E-state index contributed by atoms with van der Waals surface area (Å²) in [5.74, 6) is -0.316. The van der Waals surface area contributed by atoms with Gasteiger partial charge in [0.05, 0.1) is 0 Å². The molecular formula is C16H22FNO. The molecule has 1 fully saturated rings. The first-order valence-corrected chi connectivity index (χ1v) is 7.09. The minimum Gasteiger partial charge on any atom is -0.329 e. The Morgan fingerprint density at radius 2 is 1.84 bits per heavy atom. The molecule has 0 heterocycles. The summed E-state index contributed by atoms with van der Waals surface area (Å²) in [5.41, 5.74) is 6.69. The topological polar surface area (TPSA) is 43.1 Å². The van der Waals surface area contributed by atoms with E-state index < -0.39 is 5.41 Å². The van der Waals surface area contributed by atoms with Crippen LogP contribution < -0.4 is 5.73 Å². The number of Topliss-reactive ketones (excluding diaryl/α,β-unsaturated/α-hetero) is 1. The van der Waals surface area contributed by atoms with E-state index in [1.807, 2.05) is 6.92 Å². The molecule has 0 unspecified atom stereocenters. The van der Waals surface area contributed by atoms with Crippen molar-refractivity contribution in [1.82, 2.24) is 0 Å². The van der Waals surface area contributed by atoms with Crippen LogP contribution in [-0.2, 0) is 0 Å². The third kappa shape index (κ3) is 3.03. The predicted octanol–water partition coefficient (Wildman–Crippen LogP) is 3.62. The Morgan fingerprint density at radius 3 is 2.37 bits per heavy atom. The van der Waals surface area contributed by atoms with E-state index in [1.54, 1.807) is 6.07 Å². The van der Waals surface area contributed by atoms with Crippen molar-refractivity contribution in [2.24, 2.45) is 11.1 Å². The van der Waals surface area contributed by atoms with Crippen molar-refractivity contribution in [2.75, 3.05) is 6.54 Å². The SMILES string of the molecule is Cc1cc(F)cc(C(=O)C2(CN)CCCCCC2)c1. The Morgan fingerprint density at radius 1 is 1.21 bits per heavy atom. The molecule has 1 aliphatic carbocycles. The molecule has 0 aliphatic heterocycles. The van der Waals surface area contributed by atoms with Crippen LogP contribution in [0, 0.1) is 18.2 Å². The molecule has 104 valence electrons. The molecule has 3 heteroatoms. The van der Waals surface area contributed by atoms with E-state index in [9.17, 15) is 9.18 Å². The van der Waals surface area contributed by atoms with Crippen LogP contribution in [0.3, 0.4) is 0 Å². The fourth-order valence-electron chi connectivity index (χ4n) is 3.10. The lowest BCUT2D eigenvalue weighted by Crippen LogP contribution is -2.38. The van der Waals surface area contributed by atoms with Crippen molar-refractivity contribution in [3.63, 3.8) is 0 Å². The number of halogens is 1. The molecule has 1 aromatic carbocycles. The summed E-state index contributed by atoms with van der Waals surface area (Å²) in [5, 5.41) is 0. The standard InChI is InChI=1S/C16H22FNO/c1-12-8-13(10-14(17)9-12)15(19)16(11-18)6-4-2-3-5-7-16/h8-10H,2-7,11,18H2,1H3. The molecule has 0 radical (unpaired) electrons. The first-order chi connectivity index (χ1) is 9.07. The molecule has 1 aliphatic rings. The maximum Gasteiger partial charge on any atom is 0.170 e. The Labute approximate surface area is 114 Å². The van der Waals surface area contributed by atoms with Crippen LogP contribution in [0.2, 0.25) is 0 Å². The van der Waals surface area contributed by atoms with Gasteiger partial charge < -0.3 is 5.73 Å². The van der Waals surface area contributed by atoms with Gasteiger partial charge >= 0.3 is 0 Å². The summed E-state index contributed by atoms with van der Waals surface area (Å²) >= 11 is 0. The van der Waals surface area contributed by atoms with Crippen molar-refractivity contribution in [1.29, 1.82) is 0 Å². The summed E-state index contributed by atoms with van der Waals surface area (Å²) in [6.45, 7) is 2.17. The quantitative estimate of drug-likeness (QED) is 0.668. The summed E-state index contributed by atoms with van der Waals surface area (Å²) in [7, 11) is 0. The van der Waals surface area contributed by atoms with Gasteiger partial charge in [-0.1, -0.05) is 25.7 Å². The smallest absolute Gasteiger partial charge is 0.170 e. The maximum absolute atomic E-state index is 13.5. The van der Waals surface area contributed by atoms with E-state index in [4.69, 9.17) is 5.73 Å². The molecule has 2 N–H and O–H groups in total. The molecule has 1 aromatic rings. The minimum absolute atomic E-state index is 0.0273. The summed E-state index contributed by atoms with van der Waals surface area (Å²) in [6.07, 6.45) is 6.07. The van der Waals surface area contributed by atoms with Gasteiger partial charge in [-0.3, -0.25) is 4.79 Å². The van der Waals surface area contributed by atoms with Crippen LogP contribution in [0.15, 0.2) is 18.2 Å². The number of carbonyl (C=O) groups excluding carboxylic acids is 1. The molecule has 0 atom stereocenters. The summed E-state index contributed by atoms with van der Waals surface area (Å²) in [6, 6.07) is 4.56. The third-order valence-corrected chi connectivity index (χ3v) is 4.24. The van der Waals surface area contributed by atoms with Crippen LogP contribution in [0.1, 0.15) is 54.4 Å². The third-order valence-electron chi connectivity index (χ3n) is 4.24. The number of carbonyl (C=O) groups is 1. The molecule has 0 saturated heterocycles. The Kier molecular flexibility index (Phi) is 4.35. The Balaban J connectivity index is 2.33. The van der Waals surface area contributed by atoms with Gasteiger partial charge in [0.2, 0.25) is 0 Å². The molecule has 19 heavy (non-hydrogen) atoms. The molecule has 0 aromatic heterocycles. The monoisotopic (exact) mass is 263 g/mol. The van der Waals surface area contributed by atoms with Gasteiger partial charge in [-0.15, -0.1) is 0 Å². The Bertz CT molecular complexity index is 442. The van der Waals surface area contributed by atoms with Gasteiger partial charge in [0.1, 0.15) is 5.82 Å². The highest BCUT2D eigenvalue weighted by Crippen LogP contribution is 2.37. The van der Waals surface area contributed by atoms with E-state index >= 15 is 0 Å². The average molecular weight is 263 g/mol. The second-order valence-electron chi connectivity index (χ2n) is 5.75. The van der Waals surface area contributed by atoms with E-state index in [0.29, 0.717) is 12.1 Å². The molecule has 2 rings (SSSR count). The summed E-state index contributed by atoms with van der Waals surface area (Å²) in [4.78, 5) is 12.8. The summed E-state index contributed by atoms with van der Waals surface area (Å²) < 4.78 is 13.5. The number of ketones is 1. The van der Waals surface area contributed by atoms with E-state index in [0.717, 1.165) is 44.1 Å². The maximum atomic E-state index is 13.5. The normalized spacial score (nSPS) is 18.9. The zero-order chi connectivity index (χ0) is 13.9. The van der Waals surface area contributed by atoms with E-state index in [2.05, 4.69) is 0 Å². The number of hydrogen-bond acceptors (Lipinski definition) is 2. The first-order valence-electron chi connectivity index (χ1n) is 7.09. The highest BCUT2D eigenvalue weighted by atomic mass is 19.1. The van der Waals surface area contributed by atoms with Gasteiger partial charge in [-0.2, -0.15) is 0 Å². The highest BCUT2D eigenvalue weighted by Gasteiger charge is 2.37. The van der Waals surface area contributed by atoms with Crippen LogP contribution in [0.4, 0.5) is 4.39 Å². The van der Waals surface area contributed by atoms with Crippen molar-refractivity contribution in [2.45, 2.75) is 45.4 Å². The lowest BCUT2D eigenvalue weighted by Gasteiger charge is -2.30. The van der Waals surface area contributed by atoms with Gasteiger partial charge in [0, 0.05) is 17.5 Å². The molecular weight excluding hydrogens is 241 g/mol. The van der Waals surface area contributed by atoms with Gasteiger partial charge in [-0.05, 0) is 43.5 Å². The zero-order valence-corrected chi connectivity index (χ0v) is 11.5. The van der Waals surface area contributed by atoms with Crippen molar-refractivity contribution in [3.05, 3.63) is 35.1 Å². The predicted molar refractivity (Wildman–Crippen MR) is 74.7 cm³/mol. The second-order valence-corrected chi connectivity index (χ2v) is 5.75. The fourth-order valence-corrected chi connectivity index (χ4v) is 3.10. The number of nitrogens with two attached hydrogens (primary N) is 1. The molecule has 1 saturated carbocycles. The Hall–Kier alpha value is -1.22. The number of benzene rings is 1. The van der Waals surface area contributed by atoms with Crippen molar-refractivity contribution < 1.29 is 9.18 Å². The largest absolute Gasteiger partial charge is 0.329 e. The van der Waals surface area contributed by atoms with Gasteiger partial charge in [0.15, 0.2) is 5.78 Å². The first kappa shape index (κ1) is 14.2. The average Bonchev–Trinajstić information content (AvgIpc) is 2.63. The van der Waals surface area contributed by atoms with Crippen molar-refractivity contribution >= 4 is 5.78 Å². The highest BCUT2D eigenvalue weighted by molar-refractivity contribution is 6.00. The van der Waals surface area contributed by atoms with Crippen molar-refractivity contribution in [3.8, 4) is 0 Å². The molecule has 0 amide bonds. The lowest BCUT2D eigenvalue weighted by molar-refractivity contribution is 0.0773. The molecule has 0 bridgehead atoms. The number of hydrogen-bond donors (Lipinski definition) is 1. The van der Waals surface area contributed by atoms with Crippen LogP contribution in [-0.4, -0.2) is 12.3 Å². The van der Waals surface area contributed by atoms with Crippen LogP contribution >= 0.6 is 0 Å². The number of rotatable bonds is 3.